The molecule has 2 aliphatic heterocycles. The van der Waals surface area contributed by atoms with Crippen LogP contribution in [0.1, 0.15) is 11.1 Å². The Morgan fingerprint density at radius 1 is 0.561 bits per heavy atom. The van der Waals surface area contributed by atoms with Crippen molar-refractivity contribution in [2.24, 2.45) is 24.3 Å². The van der Waals surface area contributed by atoms with E-state index in [0.717, 1.165) is 33.5 Å². The van der Waals surface area contributed by atoms with Crippen LogP contribution in [0.4, 0.5) is 11.4 Å². The number of benzene rings is 6. The average Bonchev–Trinajstić information content (AvgIpc) is 4.20. The Morgan fingerprint density at radius 2 is 0.947 bits per heavy atom. The van der Waals surface area contributed by atoms with Crippen molar-refractivity contribution < 1.29 is 17.9 Å². The van der Waals surface area contributed by atoms with E-state index < -0.39 is 9.84 Å². The van der Waals surface area contributed by atoms with Gasteiger partial charge in [-0.25, -0.2) is 8.42 Å². The number of fused-ring (bicyclic) bond motifs is 6. The molecule has 2 aromatic heterocycles. The van der Waals surface area contributed by atoms with E-state index >= 15 is 0 Å². The third-order valence-corrected chi connectivity index (χ3v) is 12.8. The second-order valence-corrected chi connectivity index (χ2v) is 16.7. The fourth-order valence-electron chi connectivity index (χ4n) is 7.71. The van der Waals surface area contributed by atoms with Crippen LogP contribution in [0.3, 0.4) is 0 Å². The normalized spacial score (nSPS) is 16.8. The van der Waals surface area contributed by atoms with Gasteiger partial charge in [-0.3, -0.25) is 10.0 Å². The number of hydrazone groups is 2. The average molecular weight is 773 g/mol. The number of epoxide rings is 2. The van der Waals surface area contributed by atoms with E-state index in [-0.39, 0.29) is 22.0 Å². The molecule has 2 aliphatic rings. The number of aromatic nitrogens is 2. The predicted molar refractivity (Wildman–Crippen MR) is 229 cm³/mol. The van der Waals surface area contributed by atoms with E-state index in [1.54, 1.807) is 48.5 Å². The zero-order chi connectivity index (χ0) is 38.7. The Kier molecular flexibility index (Phi) is 8.66. The molecule has 2 atom stereocenters. The molecule has 0 spiro atoms. The zero-order valence-electron chi connectivity index (χ0n) is 31.6. The largest absolute Gasteiger partial charge is 0.371 e. The minimum Gasteiger partial charge on any atom is -0.371 e. The summed E-state index contributed by atoms with van der Waals surface area (Å²) in [6, 6.07) is 43.2. The number of sulfone groups is 1. The molecule has 0 bridgehead atoms. The van der Waals surface area contributed by atoms with Gasteiger partial charge >= 0.3 is 0 Å². The van der Waals surface area contributed by atoms with Gasteiger partial charge in [0.25, 0.3) is 0 Å². The van der Waals surface area contributed by atoms with Crippen LogP contribution >= 0.6 is 0 Å². The molecule has 2 fully saturated rings. The first-order valence-electron chi connectivity index (χ1n) is 19.1. The highest BCUT2D eigenvalue weighted by Crippen LogP contribution is 2.31. The minimum absolute atomic E-state index is 0.0768. The molecule has 6 aromatic carbocycles. The number of rotatable bonds is 12. The standard InChI is InChI=1S/C46H40N6O4S/c1-49-43-9-5-3-7-39(43)41-23-31(11-21-45(41)49)25-47-51(27-35-29-55-35)33-13-17-37(18-14-33)57(53,54)38-19-15-34(16-20-38)52(28-36-30-56-36)48-26-32-12-22-46-42(24-32)40-8-4-6-10-44(40)50(46)2/h3-26,35-36H,27-30H2,1-2H3/b47-25+,48-26+. The maximum atomic E-state index is 13.9. The van der Waals surface area contributed by atoms with Crippen LogP contribution in [0.2, 0.25) is 0 Å². The van der Waals surface area contributed by atoms with E-state index in [1.807, 2.05) is 22.4 Å². The zero-order valence-corrected chi connectivity index (χ0v) is 32.4. The fraction of sp³-hybridized carbons (Fsp3) is 0.174. The molecule has 0 N–H and O–H groups in total. The summed E-state index contributed by atoms with van der Waals surface area (Å²) in [5.41, 5.74) is 8.18. The molecule has 10 nitrogen and oxygen atoms in total. The fourth-order valence-corrected chi connectivity index (χ4v) is 8.97. The van der Waals surface area contributed by atoms with Gasteiger partial charge < -0.3 is 18.6 Å². The SMILES string of the molecule is Cn1c2ccccc2c2cc(/C=N/N(CC3CO3)c3ccc(S(=O)(=O)c4ccc(N(CC5CO5)/N=C/c5ccc6c(c5)c5ccccc5n6C)cc4)cc3)ccc21. The minimum atomic E-state index is -3.80. The smallest absolute Gasteiger partial charge is 0.206 e. The van der Waals surface area contributed by atoms with Crippen LogP contribution in [-0.4, -0.2) is 68.5 Å². The quantitative estimate of drug-likeness (QED) is 0.0704. The first-order valence-corrected chi connectivity index (χ1v) is 20.5. The highest BCUT2D eigenvalue weighted by molar-refractivity contribution is 7.91. The molecule has 4 heterocycles. The van der Waals surface area contributed by atoms with Crippen molar-refractivity contribution in [2.45, 2.75) is 22.0 Å². The molecule has 0 amide bonds. The third kappa shape index (κ3) is 6.73. The maximum absolute atomic E-state index is 13.9. The van der Waals surface area contributed by atoms with Gasteiger partial charge in [0.2, 0.25) is 9.84 Å². The summed E-state index contributed by atoms with van der Waals surface area (Å²) >= 11 is 0. The highest BCUT2D eigenvalue weighted by Gasteiger charge is 2.28. The summed E-state index contributed by atoms with van der Waals surface area (Å²) in [6.45, 7) is 2.47. The van der Waals surface area contributed by atoms with Gasteiger partial charge in [0, 0.05) is 57.7 Å². The van der Waals surface area contributed by atoms with Gasteiger partial charge in [-0.2, -0.15) is 10.2 Å². The van der Waals surface area contributed by atoms with E-state index in [1.165, 1.54) is 32.6 Å². The van der Waals surface area contributed by atoms with Crippen molar-refractivity contribution in [3.05, 3.63) is 145 Å². The van der Waals surface area contributed by atoms with Crippen molar-refractivity contribution in [2.75, 3.05) is 36.3 Å². The van der Waals surface area contributed by atoms with Gasteiger partial charge in [-0.05, 0) is 96.1 Å². The number of anilines is 2. The second-order valence-electron chi connectivity index (χ2n) is 14.8. The van der Waals surface area contributed by atoms with Crippen molar-refractivity contribution in [3.63, 3.8) is 0 Å². The molecule has 10 rings (SSSR count). The van der Waals surface area contributed by atoms with E-state index in [2.05, 4.69) is 108 Å². The van der Waals surface area contributed by atoms with E-state index in [9.17, 15) is 8.42 Å². The van der Waals surface area contributed by atoms with Gasteiger partial charge in [0.05, 0.1) is 59.9 Å². The Bertz CT molecular complexity index is 2780. The van der Waals surface area contributed by atoms with Crippen LogP contribution in [0.5, 0.6) is 0 Å². The van der Waals surface area contributed by atoms with Crippen molar-refractivity contribution in [1.82, 2.24) is 9.13 Å². The Morgan fingerprint density at radius 3 is 1.35 bits per heavy atom. The Balaban J connectivity index is 0.874. The number of hydrogen-bond donors (Lipinski definition) is 0. The molecule has 57 heavy (non-hydrogen) atoms. The predicted octanol–water partition coefficient (Wildman–Crippen LogP) is 8.29. The van der Waals surface area contributed by atoms with E-state index in [0.29, 0.717) is 26.3 Å². The number of para-hydroxylation sites is 2. The van der Waals surface area contributed by atoms with Crippen molar-refractivity contribution in [1.29, 1.82) is 0 Å². The number of ether oxygens (including phenoxy) is 2. The first-order chi connectivity index (χ1) is 27.8. The van der Waals surface area contributed by atoms with Gasteiger partial charge in [-0.1, -0.05) is 48.5 Å². The summed E-state index contributed by atoms with van der Waals surface area (Å²) in [7, 11) is 0.369. The number of aryl methyl sites for hydroxylation is 2. The molecule has 0 radical (unpaired) electrons. The topological polar surface area (TPSA) is 100 Å². The van der Waals surface area contributed by atoms with Crippen molar-refractivity contribution in [3.8, 4) is 0 Å². The molecule has 2 unspecified atom stereocenters. The van der Waals surface area contributed by atoms with Gasteiger partial charge in [-0.15, -0.1) is 0 Å². The van der Waals surface area contributed by atoms with Crippen molar-refractivity contribution >= 4 is 77.3 Å². The third-order valence-electron chi connectivity index (χ3n) is 11.0. The van der Waals surface area contributed by atoms with E-state index in [4.69, 9.17) is 19.7 Å². The van der Waals surface area contributed by atoms with Gasteiger partial charge in [0.15, 0.2) is 0 Å². The lowest BCUT2D eigenvalue weighted by molar-refractivity contribution is 0.408. The Hall–Kier alpha value is -6.27. The van der Waals surface area contributed by atoms with Crippen LogP contribution in [0.25, 0.3) is 43.6 Å². The Labute approximate surface area is 330 Å². The van der Waals surface area contributed by atoms with Gasteiger partial charge in [0.1, 0.15) is 12.2 Å². The summed E-state index contributed by atoms with van der Waals surface area (Å²) in [5, 5.41) is 18.2. The van der Waals surface area contributed by atoms with Crippen LogP contribution in [-0.2, 0) is 33.4 Å². The van der Waals surface area contributed by atoms with Crippen LogP contribution in [0.15, 0.2) is 153 Å². The molecule has 0 saturated carbocycles. The molecule has 8 aromatic rings. The lowest BCUT2D eigenvalue weighted by Gasteiger charge is -2.19. The molecule has 0 aliphatic carbocycles. The summed E-state index contributed by atoms with van der Waals surface area (Å²) in [4.78, 5) is 0.411. The first kappa shape index (κ1) is 35.2. The lowest BCUT2D eigenvalue weighted by Crippen LogP contribution is -2.22. The maximum Gasteiger partial charge on any atom is 0.206 e. The summed E-state index contributed by atoms with van der Waals surface area (Å²) in [6.07, 6.45) is 3.85. The second kappa shape index (κ2) is 14.0. The molecular weight excluding hydrogens is 733 g/mol. The summed E-state index contributed by atoms with van der Waals surface area (Å²) < 4.78 is 43.2. The molecule has 11 heteroatoms. The number of hydrogen-bond acceptors (Lipinski definition) is 8. The lowest BCUT2D eigenvalue weighted by atomic mass is 10.1. The molecule has 2 saturated heterocycles. The van der Waals surface area contributed by atoms with Crippen LogP contribution < -0.4 is 10.0 Å². The summed E-state index contributed by atoms with van der Waals surface area (Å²) in [5.74, 6) is 0. The molecule has 284 valence electrons. The monoisotopic (exact) mass is 772 g/mol. The van der Waals surface area contributed by atoms with Crippen LogP contribution in [0, 0.1) is 0 Å². The highest BCUT2D eigenvalue weighted by atomic mass is 32.2. The molecular formula is C46H40N6O4S. The number of nitrogens with zero attached hydrogens (tertiary/aromatic N) is 6.